The van der Waals surface area contributed by atoms with Crippen LogP contribution in [-0.4, -0.2) is 64.8 Å². The van der Waals surface area contributed by atoms with E-state index in [1.54, 1.807) is 26.8 Å². The van der Waals surface area contributed by atoms with Crippen molar-refractivity contribution in [2.75, 3.05) is 6.54 Å². The number of alkyl halides is 3. The van der Waals surface area contributed by atoms with E-state index in [4.69, 9.17) is 4.74 Å². The summed E-state index contributed by atoms with van der Waals surface area (Å²) in [5.74, 6) is -4.35. The van der Waals surface area contributed by atoms with Gasteiger partial charge in [0.15, 0.2) is 5.78 Å². The lowest BCUT2D eigenvalue weighted by Gasteiger charge is -2.33. The lowest BCUT2D eigenvalue weighted by atomic mass is 9.81. The van der Waals surface area contributed by atoms with Gasteiger partial charge in [-0.1, -0.05) is 33.8 Å². The highest BCUT2D eigenvalue weighted by atomic mass is 32.2. The van der Waals surface area contributed by atoms with E-state index in [9.17, 15) is 36.0 Å². The topological polar surface area (TPSA) is 136 Å². The average Bonchev–Trinajstić information content (AvgIpc) is 3.51. The first-order valence-electron chi connectivity index (χ1n) is 15.6. The summed E-state index contributed by atoms with van der Waals surface area (Å²) in [4.78, 5) is 50.0. The molecule has 2 fully saturated rings. The van der Waals surface area contributed by atoms with Gasteiger partial charge in [-0.25, -0.2) is 13.4 Å². The van der Waals surface area contributed by atoms with Crippen molar-refractivity contribution >= 4 is 38.5 Å². The predicted molar refractivity (Wildman–Crippen MR) is 170 cm³/mol. The van der Waals surface area contributed by atoms with Crippen LogP contribution in [0.25, 0.3) is 10.9 Å². The molecule has 0 bridgehead atoms. The summed E-state index contributed by atoms with van der Waals surface area (Å²) in [5.41, 5.74) is -0.291. The molecule has 2 aromatic rings. The number of hydrogen-bond acceptors (Lipinski definition) is 8. The number of hydrogen-bond donors (Lipinski definition) is 1. The number of carbonyl (C=O) groups is 3. The zero-order chi connectivity index (χ0) is 35.4. The van der Waals surface area contributed by atoms with Crippen molar-refractivity contribution < 1.29 is 40.7 Å². The monoisotopic (exact) mass is 680 g/mol. The smallest absolute Gasteiger partial charge is 0.451 e. The zero-order valence-electron chi connectivity index (χ0n) is 28.0. The van der Waals surface area contributed by atoms with E-state index in [-0.39, 0.29) is 48.5 Å². The van der Waals surface area contributed by atoms with Gasteiger partial charge in [-0.2, -0.15) is 18.2 Å². The number of nitrogens with one attached hydrogen (secondary N) is 1. The molecule has 1 N–H and O–H groups in total. The molecule has 1 aliphatic heterocycles. The van der Waals surface area contributed by atoms with E-state index in [0.717, 1.165) is 11.1 Å². The van der Waals surface area contributed by atoms with Crippen molar-refractivity contribution in [3.8, 4) is 5.88 Å². The number of aryl methyl sites for hydroxylation is 2. The average molecular weight is 681 g/mol. The van der Waals surface area contributed by atoms with Crippen molar-refractivity contribution in [3.05, 3.63) is 41.7 Å². The summed E-state index contributed by atoms with van der Waals surface area (Å²) < 4.78 is 74.6. The molecule has 14 heteroatoms. The van der Waals surface area contributed by atoms with Gasteiger partial charge >= 0.3 is 6.18 Å². The van der Waals surface area contributed by atoms with E-state index < -0.39 is 73.8 Å². The minimum Gasteiger partial charge on any atom is -0.472 e. The number of Topliss-reactive ketones (excluding diaryl/α,β-unsaturated/α-hetero) is 1. The van der Waals surface area contributed by atoms with Gasteiger partial charge in [0.05, 0.1) is 34.2 Å². The number of ketones is 1. The van der Waals surface area contributed by atoms with Crippen LogP contribution < -0.4 is 9.46 Å². The molecule has 2 aliphatic rings. The first-order valence-corrected chi connectivity index (χ1v) is 17.1. The van der Waals surface area contributed by atoms with Crippen LogP contribution in [-0.2, 0) is 30.6 Å². The first-order chi connectivity index (χ1) is 21.5. The van der Waals surface area contributed by atoms with E-state index in [0.29, 0.717) is 0 Å². The van der Waals surface area contributed by atoms with Crippen LogP contribution in [0.4, 0.5) is 13.2 Å². The highest BCUT2D eigenvalue weighted by Gasteiger charge is 2.61. The molecule has 3 unspecified atom stereocenters. The van der Waals surface area contributed by atoms with Gasteiger partial charge in [-0.15, -0.1) is 6.58 Å². The maximum Gasteiger partial charge on any atom is 0.451 e. The van der Waals surface area contributed by atoms with Gasteiger partial charge in [0.1, 0.15) is 6.10 Å². The Bertz CT molecular complexity index is 1720. The van der Waals surface area contributed by atoms with Gasteiger partial charge in [0.2, 0.25) is 33.5 Å². The van der Waals surface area contributed by atoms with Crippen LogP contribution in [0.2, 0.25) is 0 Å². The number of ether oxygens (including phenoxy) is 1. The molecule has 0 spiro atoms. The van der Waals surface area contributed by atoms with Crippen molar-refractivity contribution in [1.29, 1.82) is 0 Å². The molecule has 1 saturated carbocycles. The van der Waals surface area contributed by atoms with Crippen LogP contribution in [0, 0.1) is 36.5 Å². The molecular weight excluding hydrogens is 637 g/mol. The summed E-state index contributed by atoms with van der Waals surface area (Å²) >= 11 is 0. The number of nitrogens with zero attached hydrogens (tertiary/aromatic N) is 3. The van der Waals surface area contributed by atoms with Crippen molar-refractivity contribution in [3.63, 3.8) is 0 Å². The zero-order valence-corrected chi connectivity index (χ0v) is 28.8. The third kappa shape index (κ3) is 7.31. The molecule has 5 atom stereocenters. The first kappa shape index (κ1) is 36.3. The van der Waals surface area contributed by atoms with E-state index in [1.807, 2.05) is 20.8 Å². The quantitative estimate of drug-likeness (QED) is 0.334. The van der Waals surface area contributed by atoms with Crippen molar-refractivity contribution in [1.82, 2.24) is 19.6 Å². The third-order valence-corrected chi connectivity index (χ3v) is 11.3. The summed E-state index contributed by atoms with van der Waals surface area (Å²) in [5, 5.41) is -0.631. The largest absolute Gasteiger partial charge is 0.472 e. The van der Waals surface area contributed by atoms with Gasteiger partial charge < -0.3 is 9.64 Å². The molecule has 1 aliphatic carbocycles. The molecule has 4 rings (SSSR count). The van der Waals surface area contributed by atoms with E-state index in [2.05, 4.69) is 21.3 Å². The van der Waals surface area contributed by atoms with Gasteiger partial charge in [0, 0.05) is 18.8 Å². The number of carbonyl (C=O) groups excluding carboxylic acids is 3. The van der Waals surface area contributed by atoms with Crippen LogP contribution in [0.1, 0.15) is 77.8 Å². The van der Waals surface area contributed by atoms with Crippen LogP contribution in [0.5, 0.6) is 5.88 Å². The Morgan fingerprint density at radius 3 is 2.28 bits per heavy atom. The fourth-order valence-electron chi connectivity index (χ4n) is 5.75. The second-order valence-corrected chi connectivity index (χ2v) is 16.5. The number of amides is 2. The number of likely N-dealkylation sites (tertiary alicyclic amines) is 1. The van der Waals surface area contributed by atoms with Crippen molar-refractivity contribution in [2.24, 2.45) is 22.7 Å². The number of rotatable bonds is 10. The lowest BCUT2D eigenvalue weighted by molar-refractivity contribution is -0.145. The fraction of sp³-hybridized carbons (Fsp3) is 0.606. The standard InChI is InChI=1S/C33H43F3N4O6S/c1-10-21-14-32(21,30(43)39-47(44,45)17(2)3)15-26(41)25-13-22(16-40(25)28(42)20(6)31(7,8)9)46-27-23-11-18(4)19(5)12-24(23)37-29(38-27)33(34,35)36/h10-12,17,20-22,25H,1,13-16H2,2-9H3,(H,39,43)/t20-,21?,22-,25?,32?/m1/s1. The Morgan fingerprint density at radius 2 is 1.74 bits per heavy atom. The SMILES string of the molecule is C=CC1CC1(CC(=O)C1C[C@@H](Oc2nc(C(F)(F)F)nc3cc(C)c(C)cc23)CN1C(=O)[C@@H](C)C(C)(C)C)C(=O)NS(=O)(=O)C(C)C. The fourth-order valence-corrected chi connectivity index (χ4v) is 6.45. The Balaban J connectivity index is 1.70. The predicted octanol–water partition coefficient (Wildman–Crippen LogP) is 5.30. The molecule has 2 heterocycles. The maximum atomic E-state index is 14.0. The summed E-state index contributed by atoms with van der Waals surface area (Å²) in [6.45, 7) is 17.4. The Kier molecular flexibility index (Phi) is 9.63. The molecule has 10 nitrogen and oxygen atoms in total. The minimum atomic E-state index is -4.85. The summed E-state index contributed by atoms with van der Waals surface area (Å²) in [6.07, 6.45) is -4.50. The molecule has 47 heavy (non-hydrogen) atoms. The van der Waals surface area contributed by atoms with Crippen LogP contribution in [0.15, 0.2) is 24.8 Å². The maximum absolute atomic E-state index is 14.0. The molecule has 1 saturated heterocycles. The molecule has 258 valence electrons. The van der Waals surface area contributed by atoms with Crippen LogP contribution in [0.3, 0.4) is 0 Å². The molecule has 1 aromatic heterocycles. The van der Waals surface area contributed by atoms with E-state index in [1.165, 1.54) is 30.9 Å². The third-order valence-electron chi connectivity index (χ3n) is 9.61. The number of allylic oxidation sites excluding steroid dienone is 1. The number of benzene rings is 1. The van der Waals surface area contributed by atoms with Crippen LogP contribution >= 0.6 is 0 Å². The molecule has 0 radical (unpaired) electrons. The highest BCUT2D eigenvalue weighted by Crippen LogP contribution is 2.57. The number of halogens is 3. The second kappa shape index (κ2) is 12.5. The Morgan fingerprint density at radius 1 is 1.13 bits per heavy atom. The Labute approximate surface area is 273 Å². The minimum absolute atomic E-state index is 0.0406. The number of aromatic nitrogens is 2. The van der Waals surface area contributed by atoms with Gasteiger partial charge in [-0.05, 0) is 68.7 Å². The second-order valence-electron chi connectivity index (χ2n) is 14.2. The van der Waals surface area contributed by atoms with Gasteiger partial charge in [-0.3, -0.25) is 19.1 Å². The number of sulfonamides is 1. The number of fused-ring (bicyclic) bond motifs is 1. The highest BCUT2D eigenvalue weighted by molar-refractivity contribution is 7.90. The molecular formula is C33H43F3N4O6S. The molecule has 1 aromatic carbocycles. The normalized spacial score (nSPS) is 23.9. The van der Waals surface area contributed by atoms with Gasteiger partial charge in [0.25, 0.3) is 0 Å². The Hall–Kier alpha value is -3.55. The molecule has 2 amide bonds. The summed E-state index contributed by atoms with van der Waals surface area (Å²) in [7, 11) is -3.98. The van der Waals surface area contributed by atoms with E-state index >= 15 is 0 Å². The summed E-state index contributed by atoms with van der Waals surface area (Å²) in [6, 6.07) is 2.08. The van der Waals surface area contributed by atoms with Crippen molar-refractivity contribution in [2.45, 2.75) is 98.2 Å². The lowest BCUT2D eigenvalue weighted by Crippen LogP contribution is -2.47.